The second-order valence-corrected chi connectivity index (χ2v) is 7.50. The van der Waals surface area contributed by atoms with Gasteiger partial charge in [-0.05, 0) is 42.3 Å². The van der Waals surface area contributed by atoms with E-state index in [9.17, 15) is 4.79 Å². The lowest BCUT2D eigenvalue weighted by molar-refractivity contribution is -0.116. The molecule has 0 fully saturated rings. The van der Waals surface area contributed by atoms with E-state index in [1.807, 2.05) is 77.4 Å². The number of carbonyl (C=O) groups excluding carboxylic acids is 1. The zero-order valence-corrected chi connectivity index (χ0v) is 17.1. The zero-order chi connectivity index (χ0) is 19.5. The summed E-state index contributed by atoms with van der Waals surface area (Å²) in [5.41, 5.74) is 4.77. The summed E-state index contributed by atoms with van der Waals surface area (Å²) in [5, 5.41) is 3.06. The van der Waals surface area contributed by atoms with E-state index in [1.165, 1.54) is 0 Å². The fourth-order valence-corrected chi connectivity index (χ4v) is 3.77. The molecule has 0 saturated carbocycles. The standard InChI is InChI=1S/C23H20BrN3O/c1-2-16-8-3-4-11-19(16)25-22(28)15-27-21-13-6-5-12-20(21)26-23(27)17-9-7-10-18(24)14-17/h3-14H,2,15H2,1H3,(H,25,28). The number of nitrogens with one attached hydrogen (secondary N) is 1. The van der Waals surface area contributed by atoms with Crippen molar-refractivity contribution in [2.45, 2.75) is 19.9 Å². The summed E-state index contributed by atoms with van der Waals surface area (Å²) in [4.78, 5) is 17.7. The van der Waals surface area contributed by atoms with Crippen LogP contribution in [0.25, 0.3) is 22.4 Å². The molecule has 4 aromatic rings. The van der Waals surface area contributed by atoms with Gasteiger partial charge in [-0.15, -0.1) is 0 Å². The van der Waals surface area contributed by atoms with Crippen LogP contribution in [-0.2, 0) is 17.8 Å². The molecule has 3 aromatic carbocycles. The van der Waals surface area contributed by atoms with E-state index in [0.717, 1.165) is 44.6 Å². The van der Waals surface area contributed by atoms with Crippen LogP contribution in [0.5, 0.6) is 0 Å². The molecule has 1 aromatic heterocycles. The van der Waals surface area contributed by atoms with Crippen molar-refractivity contribution in [3.05, 3.63) is 82.8 Å². The third-order valence-corrected chi connectivity index (χ3v) is 5.20. The normalized spacial score (nSPS) is 10.9. The van der Waals surface area contributed by atoms with Gasteiger partial charge in [-0.2, -0.15) is 0 Å². The van der Waals surface area contributed by atoms with Crippen molar-refractivity contribution in [1.82, 2.24) is 9.55 Å². The Morgan fingerprint density at radius 2 is 1.82 bits per heavy atom. The van der Waals surface area contributed by atoms with Crippen molar-refractivity contribution in [3.8, 4) is 11.4 Å². The molecule has 0 radical (unpaired) electrons. The number of aryl methyl sites for hydroxylation is 1. The largest absolute Gasteiger partial charge is 0.324 e. The van der Waals surface area contributed by atoms with Crippen LogP contribution in [0.2, 0.25) is 0 Å². The summed E-state index contributed by atoms with van der Waals surface area (Å²) in [7, 11) is 0. The third-order valence-electron chi connectivity index (χ3n) is 4.71. The van der Waals surface area contributed by atoms with Crippen molar-refractivity contribution in [3.63, 3.8) is 0 Å². The predicted octanol–water partition coefficient (Wildman–Crippen LogP) is 5.67. The fourth-order valence-electron chi connectivity index (χ4n) is 3.37. The SMILES string of the molecule is CCc1ccccc1NC(=O)Cn1c(-c2cccc(Br)c2)nc2ccccc21. The van der Waals surface area contributed by atoms with Crippen LogP contribution in [0.3, 0.4) is 0 Å². The molecule has 28 heavy (non-hydrogen) atoms. The van der Waals surface area contributed by atoms with Crippen molar-refractivity contribution in [2.75, 3.05) is 5.32 Å². The molecule has 0 unspecified atom stereocenters. The quantitative estimate of drug-likeness (QED) is 0.440. The number of amides is 1. The van der Waals surface area contributed by atoms with Gasteiger partial charge in [0.2, 0.25) is 5.91 Å². The predicted molar refractivity (Wildman–Crippen MR) is 117 cm³/mol. The molecule has 1 amide bonds. The number of aromatic nitrogens is 2. The Balaban J connectivity index is 1.71. The molecule has 4 rings (SSSR count). The van der Waals surface area contributed by atoms with Gasteiger partial charge < -0.3 is 9.88 Å². The maximum Gasteiger partial charge on any atom is 0.244 e. The van der Waals surface area contributed by atoms with Crippen LogP contribution in [0, 0.1) is 0 Å². The summed E-state index contributed by atoms with van der Waals surface area (Å²) in [5.74, 6) is 0.710. The third kappa shape index (κ3) is 3.71. The Morgan fingerprint density at radius 3 is 2.64 bits per heavy atom. The van der Waals surface area contributed by atoms with E-state index in [1.54, 1.807) is 0 Å². The first-order chi connectivity index (χ1) is 13.7. The van der Waals surface area contributed by atoms with Gasteiger partial charge in [0.05, 0.1) is 11.0 Å². The van der Waals surface area contributed by atoms with Gasteiger partial charge in [0.15, 0.2) is 0 Å². The fraction of sp³-hybridized carbons (Fsp3) is 0.130. The van der Waals surface area contributed by atoms with Crippen LogP contribution >= 0.6 is 15.9 Å². The molecule has 0 aliphatic carbocycles. The van der Waals surface area contributed by atoms with Crippen molar-refractivity contribution >= 4 is 38.6 Å². The van der Waals surface area contributed by atoms with Crippen LogP contribution in [0.4, 0.5) is 5.69 Å². The number of halogens is 1. The van der Waals surface area contributed by atoms with E-state index in [0.29, 0.717) is 0 Å². The average Bonchev–Trinajstić information content (AvgIpc) is 3.07. The molecule has 4 nitrogen and oxygen atoms in total. The molecule has 1 N–H and O–H groups in total. The van der Waals surface area contributed by atoms with E-state index >= 15 is 0 Å². The Labute approximate surface area is 172 Å². The molecule has 1 heterocycles. The van der Waals surface area contributed by atoms with E-state index in [2.05, 4.69) is 28.2 Å². The minimum absolute atomic E-state index is 0.0692. The van der Waals surface area contributed by atoms with Gasteiger partial charge in [-0.1, -0.05) is 65.3 Å². The molecular weight excluding hydrogens is 414 g/mol. The van der Waals surface area contributed by atoms with E-state index in [4.69, 9.17) is 4.98 Å². The monoisotopic (exact) mass is 433 g/mol. The lowest BCUT2D eigenvalue weighted by Gasteiger charge is -2.12. The highest BCUT2D eigenvalue weighted by Gasteiger charge is 2.16. The smallest absolute Gasteiger partial charge is 0.244 e. The van der Waals surface area contributed by atoms with Crippen LogP contribution in [0.15, 0.2) is 77.3 Å². The number of anilines is 1. The Morgan fingerprint density at radius 1 is 1.04 bits per heavy atom. The maximum absolute atomic E-state index is 12.9. The Kier molecular flexibility index (Phi) is 5.26. The summed E-state index contributed by atoms with van der Waals surface area (Å²) in [6, 6.07) is 23.8. The number of hydrogen-bond acceptors (Lipinski definition) is 2. The first kappa shape index (κ1) is 18.4. The topological polar surface area (TPSA) is 46.9 Å². The lowest BCUT2D eigenvalue weighted by atomic mass is 10.1. The maximum atomic E-state index is 12.9. The summed E-state index contributed by atoms with van der Waals surface area (Å²) in [6.07, 6.45) is 0.869. The summed E-state index contributed by atoms with van der Waals surface area (Å²) in [6.45, 7) is 2.28. The molecule has 5 heteroatoms. The number of nitrogens with zero attached hydrogens (tertiary/aromatic N) is 2. The number of carbonyl (C=O) groups is 1. The number of benzene rings is 3. The van der Waals surface area contributed by atoms with Gasteiger partial charge in [0.25, 0.3) is 0 Å². The highest BCUT2D eigenvalue weighted by atomic mass is 79.9. The van der Waals surface area contributed by atoms with Crippen molar-refractivity contribution in [2.24, 2.45) is 0 Å². The number of para-hydroxylation sites is 3. The molecule has 140 valence electrons. The molecular formula is C23H20BrN3O. The molecule has 0 saturated heterocycles. The summed E-state index contributed by atoms with van der Waals surface area (Å²) >= 11 is 3.52. The minimum atomic E-state index is -0.0692. The van der Waals surface area contributed by atoms with E-state index in [-0.39, 0.29) is 12.5 Å². The molecule has 0 spiro atoms. The Hall–Kier alpha value is -2.92. The average molecular weight is 434 g/mol. The Bertz CT molecular complexity index is 1150. The first-order valence-corrected chi connectivity index (χ1v) is 10.0. The van der Waals surface area contributed by atoms with E-state index < -0.39 is 0 Å². The minimum Gasteiger partial charge on any atom is -0.324 e. The van der Waals surface area contributed by atoms with Crippen LogP contribution in [0.1, 0.15) is 12.5 Å². The van der Waals surface area contributed by atoms with Crippen LogP contribution in [-0.4, -0.2) is 15.5 Å². The van der Waals surface area contributed by atoms with Crippen LogP contribution < -0.4 is 5.32 Å². The second kappa shape index (κ2) is 7.98. The summed E-state index contributed by atoms with van der Waals surface area (Å²) < 4.78 is 2.95. The van der Waals surface area contributed by atoms with Gasteiger partial charge in [0, 0.05) is 15.7 Å². The number of fused-ring (bicyclic) bond motifs is 1. The lowest BCUT2D eigenvalue weighted by Crippen LogP contribution is -2.20. The van der Waals surface area contributed by atoms with Gasteiger partial charge in [0.1, 0.15) is 12.4 Å². The van der Waals surface area contributed by atoms with Gasteiger partial charge >= 0.3 is 0 Å². The first-order valence-electron chi connectivity index (χ1n) is 9.24. The van der Waals surface area contributed by atoms with Crippen molar-refractivity contribution in [1.29, 1.82) is 0 Å². The van der Waals surface area contributed by atoms with Gasteiger partial charge in [-0.3, -0.25) is 4.79 Å². The van der Waals surface area contributed by atoms with Crippen molar-refractivity contribution < 1.29 is 4.79 Å². The van der Waals surface area contributed by atoms with Gasteiger partial charge in [-0.25, -0.2) is 4.98 Å². The molecule has 0 aliphatic rings. The molecule has 0 atom stereocenters. The number of hydrogen-bond donors (Lipinski definition) is 1. The highest BCUT2D eigenvalue weighted by Crippen LogP contribution is 2.27. The number of imidazole rings is 1. The second-order valence-electron chi connectivity index (χ2n) is 6.58. The zero-order valence-electron chi connectivity index (χ0n) is 15.5. The molecule has 0 aliphatic heterocycles. The molecule has 0 bridgehead atoms. The highest BCUT2D eigenvalue weighted by molar-refractivity contribution is 9.10. The number of rotatable bonds is 5.